The number of aryl methyl sites for hydroxylation is 2. The number of nitrogens with one attached hydrogen (secondary N) is 1. The monoisotopic (exact) mass is 447 g/mol. The first-order chi connectivity index (χ1) is 15.4. The van der Waals surface area contributed by atoms with E-state index in [0.29, 0.717) is 12.5 Å². The summed E-state index contributed by atoms with van der Waals surface area (Å²) in [6.45, 7) is 9.84. The van der Waals surface area contributed by atoms with Crippen molar-refractivity contribution in [3.05, 3.63) is 63.5 Å². The second-order valence-corrected chi connectivity index (χ2v) is 9.17. The zero-order valence-electron chi connectivity index (χ0n) is 19.1. The van der Waals surface area contributed by atoms with Gasteiger partial charge in [-0.05, 0) is 56.0 Å². The quantitative estimate of drug-likeness (QED) is 0.286. The number of thiazole rings is 1. The first-order valence-electron chi connectivity index (χ1n) is 10.8. The SMILES string of the molecule is Cc1cc(/C=C(/C#N)C(=O)NCCCc2nc(-c3ccncc3)cs2)c(C)n1CC(C)C. The number of carbonyl (C=O) groups is 1. The fourth-order valence-electron chi connectivity index (χ4n) is 3.54. The Labute approximate surface area is 193 Å². The normalized spacial score (nSPS) is 11.6. The summed E-state index contributed by atoms with van der Waals surface area (Å²) in [7, 11) is 0. The summed E-state index contributed by atoms with van der Waals surface area (Å²) >= 11 is 1.61. The number of rotatable bonds is 9. The number of pyridine rings is 1. The molecular weight excluding hydrogens is 418 g/mol. The highest BCUT2D eigenvalue weighted by Gasteiger charge is 2.13. The second kappa shape index (κ2) is 10.9. The first-order valence-corrected chi connectivity index (χ1v) is 11.7. The molecule has 0 aliphatic heterocycles. The topological polar surface area (TPSA) is 83.6 Å². The number of hydrogen-bond acceptors (Lipinski definition) is 5. The molecule has 3 aromatic heterocycles. The minimum atomic E-state index is -0.335. The molecule has 0 radical (unpaired) electrons. The zero-order valence-corrected chi connectivity index (χ0v) is 19.9. The highest BCUT2D eigenvalue weighted by Crippen LogP contribution is 2.22. The maximum Gasteiger partial charge on any atom is 0.261 e. The Morgan fingerprint density at radius 1 is 1.31 bits per heavy atom. The van der Waals surface area contributed by atoms with E-state index in [1.165, 1.54) is 0 Å². The highest BCUT2D eigenvalue weighted by atomic mass is 32.1. The van der Waals surface area contributed by atoms with Crippen LogP contribution in [0, 0.1) is 31.1 Å². The molecule has 1 amide bonds. The van der Waals surface area contributed by atoms with Crippen LogP contribution >= 0.6 is 11.3 Å². The Balaban J connectivity index is 1.55. The van der Waals surface area contributed by atoms with Crippen LogP contribution in [0.5, 0.6) is 0 Å². The molecule has 166 valence electrons. The van der Waals surface area contributed by atoms with Gasteiger partial charge in [0, 0.05) is 54.2 Å². The molecule has 3 heterocycles. The number of nitrogens with zero attached hydrogens (tertiary/aromatic N) is 4. The predicted molar refractivity (Wildman–Crippen MR) is 129 cm³/mol. The fraction of sp³-hybridized carbons (Fsp3) is 0.360. The van der Waals surface area contributed by atoms with Gasteiger partial charge in [0.1, 0.15) is 11.6 Å². The molecule has 0 aliphatic carbocycles. The van der Waals surface area contributed by atoms with E-state index in [2.05, 4.69) is 46.7 Å². The largest absolute Gasteiger partial charge is 0.351 e. The van der Waals surface area contributed by atoms with Crippen molar-refractivity contribution >= 4 is 23.3 Å². The van der Waals surface area contributed by atoms with Crippen LogP contribution < -0.4 is 5.32 Å². The van der Waals surface area contributed by atoms with Gasteiger partial charge >= 0.3 is 0 Å². The van der Waals surface area contributed by atoms with Crippen LogP contribution in [0.25, 0.3) is 17.3 Å². The smallest absolute Gasteiger partial charge is 0.261 e. The minimum Gasteiger partial charge on any atom is -0.351 e. The Hall–Kier alpha value is -3.24. The standard InChI is InChI=1S/C25H29N5OS/c1-17(2)15-30-18(3)12-21(19(30)4)13-22(14-26)25(31)28-9-5-6-24-29-23(16-32-24)20-7-10-27-11-8-20/h7-8,10-13,16-17H,5-6,9,15H2,1-4H3,(H,28,31)/b22-13-. The van der Waals surface area contributed by atoms with Gasteiger partial charge < -0.3 is 9.88 Å². The summed E-state index contributed by atoms with van der Waals surface area (Å²) in [6, 6.07) is 7.96. The molecule has 0 spiro atoms. The Bertz CT molecular complexity index is 1140. The molecule has 0 aliphatic rings. The average molecular weight is 448 g/mol. The van der Waals surface area contributed by atoms with Gasteiger partial charge in [-0.15, -0.1) is 11.3 Å². The number of aromatic nitrogens is 3. The lowest BCUT2D eigenvalue weighted by atomic mass is 10.1. The summed E-state index contributed by atoms with van der Waals surface area (Å²) < 4.78 is 2.23. The third-order valence-corrected chi connectivity index (χ3v) is 6.11. The third-order valence-electron chi connectivity index (χ3n) is 5.21. The Morgan fingerprint density at radius 2 is 2.06 bits per heavy atom. The summed E-state index contributed by atoms with van der Waals surface area (Å²) in [4.78, 5) is 21.2. The Morgan fingerprint density at radius 3 is 2.75 bits per heavy atom. The van der Waals surface area contributed by atoms with Gasteiger partial charge in [0.05, 0.1) is 10.7 Å². The van der Waals surface area contributed by atoms with Crippen LogP contribution in [0.4, 0.5) is 0 Å². The minimum absolute atomic E-state index is 0.129. The zero-order chi connectivity index (χ0) is 23.1. The van der Waals surface area contributed by atoms with Crippen LogP contribution in [0.3, 0.4) is 0 Å². The molecule has 3 aromatic rings. The molecule has 0 bridgehead atoms. The highest BCUT2D eigenvalue weighted by molar-refractivity contribution is 7.09. The summed E-state index contributed by atoms with van der Waals surface area (Å²) in [5.41, 5.74) is 5.25. The van der Waals surface area contributed by atoms with E-state index in [9.17, 15) is 10.1 Å². The summed E-state index contributed by atoms with van der Waals surface area (Å²) in [5.74, 6) is 0.187. The molecule has 0 atom stereocenters. The van der Waals surface area contributed by atoms with Gasteiger partial charge in [0.25, 0.3) is 5.91 Å². The van der Waals surface area contributed by atoms with Crippen molar-refractivity contribution < 1.29 is 4.79 Å². The van der Waals surface area contributed by atoms with Crippen molar-refractivity contribution in [1.82, 2.24) is 19.9 Å². The maximum atomic E-state index is 12.5. The van der Waals surface area contributed by atoms with E-state index < -0.39 is 0 Å². The van der Waals surface area contributed by atoms with E-state index in [0.717, 1.165) is 52.6 Å². The fourth-order valence-corrected chi connectivity index (χ4v) is 4.39. The van der Waals surface area contributed by atoms with Gasteiger partial charge in [-0.3, -0.25) is 9.78 Å². The Kier molecular flexibility index (Phi) is 7.96. The second-order valence-electron chi connectivity index (χ2n) is 8.22. The van der Waals surface area contributed by atoms with Crippen molar-refractivity contribution in [2.45, 2.75) is 47.1 Å². The molecule has 0 fully saturated rings. The van der Waals surface area contributed by atoms with E-state index in [4.69, 9.17) is 0 Å². The summed E-state index contributed by atoms with van der Waals surface area (Å²) in [6.07, 6.45) is 6.74. The molecule has 0 saturated heterocycles. The van der Waals surface area contributed by atoms with Crippen molar-refractivity contribution in [1.29, 1.82) is 5.26 Å². The molecule has 0 aromatic carbocycles. The van der Waals surface area contributed by atoms with Crippen molar-refractivity contribution in [3.8, 4) is 17.3 Å². The van der Waals surface area contributed by atoms with Crippen LogP contribution in [0.2, 0.25) is 0 Å². The molecule has 0 saturated carbocycles. The van der Waals surface area contributed by atoms with Crippen LogP contribution in [-0.4, -0.2) is 27.0 Å². The third kappa shape index (κ3) is 5.92. The predicted octanol–water partition coefficient (Wildman–Crippen LogP) is 4.94. The van der Waals surface area contributed by atoms with Gasteiger partial charge in [0.2, 0.25) is 0 Å². The average Bonchev–Trinajstić information content (AvgIpc) is 3.35. The lowest BCUT2D eigenvalue weighted by molar-refractivity contribution is -0.117. The lowest BCUT2D eigenvalue weighted by Gasteiger charge is -2.12. The van der Waals surface area contributed by atoms with E-state index in [1.54, 1.807) is 29.8 Å². The number of carbonyl (C=O) groups excluding carboxylic acids is 1. The molecule has 3 rings (SSSR count). The number of amides is 1. The summed E-state index contributed by atoms with van der Waals surface area (Å²) in [5, 5.41) is 15.4. The van der Waals surface area contributed by atoms with Gasteiger partial charge in [-0.2, -0.15) is 5.26 Å². The molecule has 7 heteroatoms. The van der Waals surface area contributed by atoms with Crippen molar-refractivity contribution in [2.24, 2.45) is 5.92 Å². The van der Waals surface area contributed by atoms with Crippen LogP contribution in [-0.2, 0) is 17.8 Å². The van der Waals surface area contributed by atoms with Crippen LogP contribution in [0.15, 0.2) is 41.5 Å². The van der Waals surface area contributed by atoms with Gasteiger partial charge in [-0.1, -0.05) is 13.8 Å². The first kappa shape index (κ1) is 23.4. The van der Waals surface area contributed by atoms with Crippen molar-refractivity contribution in [2.75, 3.05) is 6.54 Å². The molecule has 6 nitrogen and oxygen atoms in total. The maximum absolute atomic E-state index is 12.5. The van der Waals surface area contributed by atoms with E-state index in [1.807, 2.05) is 30.5 Å². The molecule has 32 heavy (non-hydrogen) atoms. The van der Waals surface area contributed by atoms with Crippen LogP contribution in [0.1, 0.15) is 42.2 Å². The molecular formula is C25H29N5OS. The van der Waals surface area contributed by atoms with Gasteiger partial charge in [0.15, 0.2) is 0 Å². The molecule has 1 N–H and O–H groups in total. The molecule has 0 unspecified atom stereocenters. The van der Waals surface area contributed by atoms with E-state index >= 15 is 0 Å². The lowest BCUT2D eigenvalue weighted by Crippen LogP contribution is -2.25. The number of nitriles is 1. The number of hydrogen-bond donors (Lipinski definition) is 1. The van der Waals surface area contributed by atoms with Crippen molar-refractivity contribution in [3.63, 3.8) is 0 Å². The van der Waals surface area contributed by atoms with Gasteiger partial charge in [-0.25, -0.2) is 4.98 Å². The van der Waals surface area contributed by atoms with E-state index in [-0.39, 0.29) is 11.5 Å².